The van der Waals surface area contributed by atoms with Gasteiger partial charge >= 0.3 is 6.18 Å². The number of nitrogens with one attached hydrogen (secondary N) is 1. The van der Waals surface area contributed by atoms with Crippen molar-refractivity contribution in [3.8, 4) is 0 Å². The van der Waals surface area contributed by atoms with Gasteiger partial charge in [0, 0.05) is 31.2 Å². The summed E-state index contributed by atoms with van der Waals surface area (Å²) >= 11 is 0. The number of nitrogens with zero attached hydrogens (tertiary/aromatic N) is 2. The van der Waals surface area contributed by atoms with E-state index in [9.17, 15) is 13.2 Å². The summed E-state index contributed by atoms with van der Waals surface area (Å²) in [5, 5.41) is 3.28. The predicted octanol–water partition coefficient (Wildman–Crippen LogP) is 3.28. The molecule has 0 aromatic carbocycles. The molecular weight excluding hydrogens is 279 g/mol. The Labute approximate surface area is 122 Å². The Hall–Kier alpha value is -1.56. The maximum atomic E-state index is 12.6. The highest BCUT2D eigenvalue weighted by molar-refractivity contribution is 5.42. The van der Waals surface area contributed by atoms with Crippen LogP contribution in [0.2, 0.25) is 0 Å². The van der Waals surface area contributed by atoms with E-state index < -0.39 is 11.7 Å². The first-order chi connectivity index (χ1) is 9.86. The van der Waals surface area contributed by atoms with Crippen molar-refractivity contribution in [3.63, 3.8) is 0 Å². The second kappa shape index (κ2) is 6.47. The number of alkyl halides is 3. The summed E-state index contributed by atoms with van der Waals surface area (Å²) in [5.41, 5.74) is 0.461. The van der Waals surface area contributed by atoms with Gasteiger partial charge in [-0.25, -0.2) is 4.98 Å². The molecule has 0 saturated heterocycles. The van der Waals surface area contributed by atoms with E-state index in [1.165, 1.54) is 6.08 Å². The minimum absolute atomic E-state index is 0.0135. The molecular formula is C15H20F3N3. The number of hydrogen-bond donors (Lipinski definition) is 1. The first kappa shape index (κ1) is 15.8. The molecule has 0 radical (unpaired) electrons. The zero-order valence-electron chi connectivity index (χ0n) is 12.2. The van der Waals surface area contributed by atoms with Gasteiger partial charge in [-0.2, -0.15) is 13.2 Å². The Morgan fingerprint density at radius 2 is 2.10 bits per heavy atom. The molecule has 6 heteroatoms. The molecule has 3 nitrogen and oxygen atoms in total. The van der Waals surface area contributed by atoms with Gasteiger partial charge < -0.3 is 10.2 Å². The maximum Gasteiger partial charge on any atom is 0.412 e. The number of halogens is 3. The smallest absolute Gasteiger partial charge is 0.353 e. The molecule has 1 N–H and O–H groups in total. The summed E-state index contributed by atoms with van der Waals surface area (Å²) in [6.07, 6.45) is -2.94. The van der Waals surface area contributed by atoms with Crippen LogP contribution in [0.5, 0.6) is 0 Å². The Kier molecular flexibility index (Phi) is 4.88. The molecule has 0 unspecified atom stereocenters. The lowest BCUT2D eigenvalue weighted by Crippen LogP contribution is -2.32. The predicted molar refractivity (Wildman–Crippen MR) is 77.2 cm³/mol. The fourth-order valence-corrected chi connectivity index (χ4v) is 2.18. The van der Waals surface area contributed by atoms with Crippen molar-refractivity contribution in [3.05, 3.63) is 35.5 Å². The summed E-state index contributed by atoms with van der Waals surface area (Å²) in [7, 11) is 0. The van der Waals surface area contributed by atoms with Crippen LogP contribution >= 0.6 is 0 Å². The normalized spacial score (nSPS) is 16.3. The molecule has 2 rings (SSSR count). The Bertz CT molecular complexity index is 509. The summed E-state index contributed by atoms with van der Waals surface area (Å²) in [5.74, 6) is 0.732. The standard InChI is InChI=1S/C15H20F3N3/c1-11(2)19-10-13-4-3-5-14(20-13)21-8-6-12(7-9-21)15(16,17)18/h3-6,11,19H,7-10H2,1-2H3. The number of rotatable bonds is 4. The van der Waals surface area contributed by atoms with Crippen molar-refractivity contribution in [1.82, 2.24) is 10.3 Å². The molecule has 0 saturated carbocycles. The van der Waals surface area contributed by atoms with E-state index in [-0.39, 0.29) is 13.0 Å². The van der Waals surface area contributed by atoms with Crippen LogP contribution in [0.1, 0.15) is 26.0 Å². The quantitative estimate of drug-likeness (QED) is 0.865. The molecule has 1 aliphatic heterocycles. The van der Waals surface area contributed by atoms with Crippen molar-refractivity contribution >= 4 is 5.82 Å². The van der Waals surface area contributed by atoms with E-state index in [0.29, 0.717) is 19.1 Å². The van der Waals surface area contributed by atoms with Crippen LogP contribution in [0.3, 0.4) is 0 Å². The number of hydrogen-bond acceptors (Lipinski definition) is 3. The van der Waals surface area contributed by atoms with E-state index in [2.05, 4.69) is 24.1 Å². The van der Waals surface area contributed by atoms with Crippen molar-refractivity contribution in [2.24, 2.45) is 0 Å². The zero-order valence-corrected chi connectivity index (χ0v) is 12.2. The summed E-state index contributed by atoms with van der Waals surface area (Å²) in [4.78, 5) is 6.38. The van der Waals surface area contributed by atoms with Crippen LogP contribution in [0.15, 0.2) is 29.8 Å². The summed E-state index contributed by atoms with van der Waals surface area (Å²) < 4.78 is 37.8. The average Bonchev–Trinajstić information content (AvgIpc) is 2.45. The van der Waals surface area contributed by atoms with E-state index in [4.69, 9.17) is 0 Å². The number of anilines is 1. The lowest BCUT2D eigenvalue weighted by atomic mass is 10.1. The largest absolute Gasteiger partial charge is 0.412 e. The highest BCUT2D eigenvalue weighted by Crippen LogP contribution is 2.31. The number of pyridine rings is 1. The third-order valence-electron chi connectivity index (χ3n) is 3.38. The van der Waals surface area contributed by atoms with Gasteiger partial charge in [0.1, 0.15) is 5.82 Å². The fraction of sp³-hybridized carbons (Fsp3) is 0.533. The van der Waals surface area contributed by atoms with Crippen LogP contribution in [-0.2, 0) is 6.54 Å². The van der Waals surface area contributed by atoms with Gasteiger partial charge in [-0.15, -0.1) is 0 Å². The topological polar surface area (TPSA) is 28.2 Å². The van der Waals surface area contributed by atoms with Crippen molar-refractivity contribution < 1.29 is 13.2 Å². The lowest BCUT2D eigenvalue weighted by Gasteiger charge is -2.28. The molecule has 21 heavy (non-hydrogen) atoms. The molecule has 1 aromatic heterocycles. The Balaban J connectivity index is 2.03. The molecule has 0 fully saturated rings. The SMILES string of the molecule is CC(C)NCc1cccc(N2CC=C(C(F)(F)F)CC2)n1. The molecule has 116 valence electrons. The first-order valence-corrected chi connectivity index (χ1v) is 7.07. The Morgan fingerprint density at radius 1 is 1.33 bits per heavy atom. The molecule has 2 heterocycles. The second-order valence-electron chi connectivity index (χ2n) is 5.45. The van der Waals surface area contributed by atoms with Crippen LogP contribution in [0.4, 0.5) is 19.0 Å². The highest BCUT2D eigenvalue weighted by Gasteiger charge is 2.34. The van der Waals surface area contributed by atoms with E-state index in [1.54, 1.807) is 0 Å². The molecule has 0 amide bonds. The van der Waals surface area contributed by atoms with E-state index in [0.717, 1.165) is 11.5 Å². The molecule has 1 aromatic rings. The van der Waals surface area contributed by atoms with E-state index in [1.807, 2.05) is 23.1 Å². The fourth-order valence-electron chi connectivity index (χ4n) is 2.18. The zero-order chi connectivity index (χ0) is 15.5. The Morgan fingerprint density at radius 3 is 2.67 bits per heavy atom. The maximum absolute atomic E-state index is 12.6. The van der Waals surface area contributed by atoms with Crippen LogP contribution in [-0.4, -0.2) is 30.3 Å². The summed E-state index contributed by atoms with van der Waals surface area (Å²) in [6.45, 7) is 5.36. The first-order valence-electron chi connectivity index (χ1n) is 7.07. The summed E-state index contributed by atoms with van der Waals surface area (Å²) in [6, 6.07) is 6.01. The van der Waals surface area contributed by atoms with Gasteiger partial charge in [0.15, 0.2) is 0 Å². The third-order valence-corrected chi connectivity index (χ3v) is 3.38. The van der Waals surface area contributed by atoms with E-state index >= 15 is 0 Å². The second-order valence-corrected chi connectivity index (χ2v) is 5.45. The van der Waals surface area contributed by atoms with Gasteiger partial charge in [-0.1, -0.05) is 26.0 Å². The third kappa shape index (κ3) is 4.46. The molecule has 0 atom stereocenters. The minimum atomic E-state index is -4.21. The van der Waals surface area contributed by atoms with Crippen molar-refractivity contribution in [2.45, 2.75) is 39.0 Å². The average molecular weight is 299 g/mol. The number of aromatic nitrogens is 1. The van der Waals surface area contributed by atoms with Crippen molar-refractivity contribution in [2.75, 3.05) is 18.0 Å². The van der Waals surface area contributed by atoms with Gasteiger partial charge in [-0.05, 0) is 18.6 Å². The monoisotopic (exact) mass is 299 g/mol. The molecule has 0 spiro atoms. The molecule has 0 bridgehead atoms. The highest BCUT2D eigenvalue weighted by atomic mass is 19.4. The van der Waals surface area contributed by atoms with Gasteiger partial charge in [0.25, 0.3) is 0 Å². The minimum Gasteiger partial charge on any atom is -0.353 e. The molecule has 1 aliphatic rings. The van der Waals surface area contributed by atoms with Crippen LogP contribution in [0, 0.1) is 0 Å². The van der Waals surface area contributed by atoms with Crippen molar-refractivity contribution in [1.29, 1.82) is 0 Å². The van der Waals surface area contributed by atoms with Crippen LogP contribution < -0.4 is 10.2 Å². The van der Waals surface area contributed by atoms with Gasteiger partial charge in [-0.3, -0.25) is 0 Å². The van der Waals surface area contributed by atoms with Gasteiger partial charge in [0.2, 0.25) is 0 Å². The van der Waals surface area contributed by atoms with Gasteiger partial charge in [0.05, 0.1) is 5.69 Å². The lowest BCUT2D eigenvalue weighted by molar-refractivity contribution is -0.0944. The van der Waals surface area contributed by atoms with Crippen LogP contribution in [0.25, 0.3) is 0 Å². The molecule has 0 aliphatic carbocycles.